The molecule has 0 saturated heterocycles. The van der Waals surface area contributed by atoms with Gasteiger partial charge in [0.2, 0.25) is 5.91 Å². The topological polar surface area (TPSA) is 97.2 Å². The molecule has 32 heavy (non-hydrogen) atoms. The minimum Gasteiger partial charge on any atom is -0.324 e. The van der Waals surface area contributed by atoms with Crippen LogP contribution in [0.25, 0.3) is 16.5 Å². The highest BCUT2D eigenvalue weighted by atomic mass is 16.2. The molecule has 0 bridgehead atoms. The minimum atomic E-state index is -0.323. The van der Waals surface area contributed by atoms with Gasteiger partial charge in [-0.25, -0.2) is 4.68 Å². The third-order valence-electron chi connectivity index (χ3n) is 5.49. The fraction of sp³-hybridized carbons (Fsp3) is 0.125. The maximum absolute atomic E-state index is 12.9. The lowest BCUT2D eigenvalue weighted by Crippen LogP contribution is -2.41. The van der Waals surface area contributed by atoms with Gasteiger partial charge < -0.3 is 5.32 Å². The summed E-state index contributed by atoms with van der Waals surface area (Å²) in [6, 6.07) is 18.2. The first kappa shape index (κ1) is 19.6. The molecule has 0 radical (unpaired) electrons. The summed E-state index contributed by atoms with van der Waals surface area (Å²) in [5.74, 6) is -0.857. The van der Waals surface area contributed by atoms with E-state index in [1.54, 1.807) is 35.3 Å². The minimum absolute atomic E-state index is 0.161. The Hall–Kier alpha value is -4.33. The van der Waals surface area contributed by atoms with Gasteiger partial charge in [-0.05, 0) is 36.1 Å². The molecule has 158 valence electrons. The first-order valence-corrected chi connectivity index (χ1v) is 10.3. The number of aromatic nitrogens is 3. The van der Waals surface area contributed by atoms with Crippen molar-refractivity contribution in [2.75, 3.05) is 11.9 Å². The molecule has 2 heterocycles. The molecule has 4 aromatic rings. The first-order chi connectivity index (χ1) is 15.6. The molecule has 1 aliphatic heterocycles. The van der Waals surface area contributed by atoms with Crippen molar-refractivity contribution in [3.05, 3.63) is 84.2 Å². The number of nitrogens with one attached hydrogen (secondary N) is 1. The number of carbonyl (C=O) groups excluding carboxylic acids is 3. The van der Waals surface area contributed by atoms with Gasteiger partial charge >= 0.3 is 0 Å². The molecule has 3 amide bonds. The summed E-state index contributed by atoms with van der Waals surface area (Å²) in [5.41, 5.74) is 2.34. The summed E-state index contributed by atoms with van der Waals surface area (Å²) in [7, 11) is 0. The van der Waals surface area contributed by atoms with Crippen molar-refractivity contribution < 1.29 is 14.4 Å². The lowest BCUT2D eigenvalue weighted by atomic mass is 9.94. The Morgan fingerprint density at radius 1 is 0.906 bits per heavy atom. The van der Waals surface area contributed by atoms with Crippen LogP contribution in [0.1, 0.15) is 33.6 Å². The van der Waals surface area contributed by atoms with Crippen molar-refractivity contribution in [3.8, 4) is 5.69 Å². The van der Waals surface area contributed by atoms with Crippen LogP contribution in [0, 0.1) is 0 Å². The monoisotopic (exact) mass is 425 g/mol. The molecule has 0 atom stereocenters. The highest BCUT2D eigenvalue weighted by Crippen LogP contribution is 2.30. The zero-order valence-electron chi connectivity index (χ0n) is 17.1. The van der Waals surface area contributed by atoms with Crippen LogP contribution >= 0.6 is 0 Å². The summed E-state index contributed by atoms with van der Waals surface area (Å²) >= 11 is 0. The molecule has 0 saturated carbocycles. The van der Waals surface area contributed by atoms with E-state index in [1.807, 2.05) is 42.5 Å². The van der Waals surface area contributed by atoms with Crippen LogP contribution in [0.15, 0.2) is 73.1 Å². The van der Waals surface area contributed by atoms with Crippen LogP contribution in [0.5, 0.6) is 0 Å². The van der Waals surface area contributed by atoms with Gasteiger partial charge in [0.1, 0.15) is 0 Å². The molecule has 8 nitrogen and oxygen atoms in total. The van der Waals surface area contributed by atoms with E-state index in [9.17, 15) is 14.4 Å². The fourth-order valence-electron chi connectivity index (χ4n) is 4.01. The highest BCUT2D eigenvalue weighted by molar-refractivity contribution is 6.25. The average Bonchev–Trinajstić information content (AvgIpc) is 3.35. The largest absolute Gasteiger partial charge is 0.324 e. The van der Waals surface area contributed by atoms with E-state index in [2.05, 4.69) is 15.6 Å². The van der Waals surface area contributed by atoms with Crippen molar-refractivity contribution in [1.29, 1.82) is 0 Å². The third kappa shape index (κ3) is 3.41. The molecule has 0 unspecified atom stereocenters. The molecule has 0 spiro atoms. The predicted octanol–water partition coefficient (Wildman–Crippen LogP) is 3.44. The van der Waals surface area contributed by atoms with Gasteiger partial charge in [0.25, 0.3) is 11.8 Å². The lowest BCUT2D eigenvalue weighted by Gasteiger charge is -2.27. The predicted molar refractivity (Wildman–Crippen MR) is 119 cm³/mol. The number of imide groups is 1. The Morgan fingerprint density at radius 3 is 2.31 bits per heavy atom. The molecule has 1 N–H and O–H groups in total. The lowest BCUT2D eigenvalue weighted by molar-refractivity contribution is -0.116. The summed E-state index contributed by atoms with van der Waals surface area (Å²) in [5, 5.41) is 12.2. The molecule has 1 aromatic heterocycles. The number of carbonyl (C=O) groups is 3. The number of benzene rings is 3. The van der Waals surface area contributed by atoms with E-state index < -0.39 is 0 Å². The second-order valence-corrected chi connectivity index (χ2v) is 7.49. The summed E-state index contributed by atoms with van der Waals surface area (Å²) < 4.78 is 1.57. The Morgan fingerprint density at radius 2 is 1.62 bits per heavy atom. The van der Waals surface area contributed by atoms with Gasteiger partial charge in [0, 0.05) is 29.5 Å². The standard InChI is InChI=1S/C24H19N5O3/c30-21(26-19-10-1-2-11-20(19)29-15-13-25-27-29)12-5-14-28-23(31)17-8-3-6-16-7-4-9-18(22(16)17)24(28)32/h1-4,6-11,13,15H,5,12,14H2,(H,26,30). The molecule has 3 aromatic carbocycles. The second kappa shape index (κ2) is 8.07. The SMILES string of the molecule is O=C(CCCN1C(=O)c2cccc3cccc(c23)C1=O)Nc1ccccc1-n1ccnn1. The second-order valence-electron chi connectivity index (χ2n) is 7.49. The van der Waals surface area contributed by atoms with Crippen LogP contribution in [0.2, 0.25) is 0 Å². The zero-order chi connectivity index (χ0) is 22.1. The van der Waals surface area contributed by atoms with Gasteiger partial charge in [-0.3, -0.25) is 19.3 Å². The first-order valence-electron chi connectivity index (χ1n) is 10.3. The fourth-order valence-corrected chi connectivity index (χ4v) is 4.01. The number of nitrogens with zero attached hydrogens (tertiary/aromatic N) is 4. The Kier molecular flexibility index (Phi) is 4.95. The molecule has 8 heteroatoms. The van der Waals surface area contributed by atoms with E-state index in [1.165, 1.54) is 4.90 Å². The molecule has 0 fully saturated rings. The van der Waals surface area contributed by atoms with Crippen molar-refractivity contribution >= 4 is 34.2 Å². The Labute approximate surface area is 183 Å². The van der Waals surface area contributed by atoms with Gasteiger partial charge in [-0.2, -0.15) is 0 Å². The number of para-hydroxylation sites is 2. The molecular weight excluding hydrogens is 406 g/mol. The number of hydrogen-bond donors (Lipinski definition) is 1. The molecule has 0 aliphatic carbocycles. The van der Waals surface area contributed by atoms with Crippen LogP contribution in [0.3, 0.4) is 0 Å². The van der Waals surface area contributed by atoms with E-state index in [-0.39, 0.29) is 30.7 Å². The molecular formula is C24H19N5O3. The van der Waals surface area contributed by atoms with Gasteiger partial charge in [-0.1, -0.05) is 41.6 Å². The Bertz CT molecular complexity index is 1300. The van der Waals surface area contributed by atoms with E-state index in [0.717, 1.165) is 5.39 Å². The summed E-state index contributed by atoms with van der Waals surface area (Å²) in [4.78, 5) is 39.7. The average molecular weight is 425 g/mol. The van der Waals surface area contributed by atoms with Gasteiger partial charge in [0.05, 0.1) is 23.8 Å². The number of rotatable bonds is 6. The van der Waals surface area contributed by atoms with E-state index in [4.69, 9.17) is 0 Å². The quantitative estimate of drug-likeness (QED) is 0.478. The van der Waals surface area contributed by atoms with Crippen LogP contribution in [0.4, 0.5) is 5.69 Å². The van der Waals surface area contributed by atoms with Gasteiger partial charge in [-0.15, -0.1) is 5.10 Å². The van der Waals surface area contributed by atoms with E-state index in [0.29, 0.717) is 34.3 Å². The van der Waals surface area contributed by atoms with Crippen molar-refractivity contribution in [2.24, 2.45) is 0 Å². The highest BCUT2D eigenvalue weighted by Gasteiger charge is 2.32. The number of hydrogen-bond acceptors (Lipinski definition) is 5. The maximum atomic E-state index is 12.9. The van der Waals surface area contributed by atoms with Crippen LogP contribution < -0.4 is 5.32 Å². The third-order valence-corrected chi connectivity index (χ3v) is 5.49. The summed E-state index contributed by atoms with van der Waals surface area (Å²) in [6.07, 6.45) is 3.77. The van der Waals surface area contributed by atoms with Crippen molar-refractivity contribution in [1.82, 2.24) is 19.9 Å². The molecule has 5 rings (SSSR count). The molecule has 1 aliphatic rings. The normalized spacial score (nSPS) is 12.9. The summed E-state index contributed by atoms with van der Waals surface area (Å²) in [6.45, 7) is 0.167. The number of amides is 3. The number of anilines is 1. The Balaban J connectivity index is 1.26. The van der Waals surface area contributed by atoms with Crippen LogP contribution in [-0.4, -0.2) is 44.2 Å². The van der Waals surface area contributed by atoms with Crippen molar-refractivity contribution in [3.63, 3.8) is 0 Å². The van der Waals surface area contributed by atoms with E-state index >= 15 is 0 Å². The zero-order valence-corrected chi connectivity index (χ0v) is 17.1. The smallest absolute Gasteiger partial charge is 0.261 e. The van der Waals surface area contributed by atoms with Crippen LogP contribution in [-0.2, 0) is 4.79 Å². The maximum Gasteiger partial charge on any atom is 0.261 e. The van der Waals surface area contributed by atoms with Gasteiger partial charge in [0.15, 0.2) is 0 Å². The van der Waals surface area contributed by atoms with Crippen molar-refractivity contribution in [2.45, 2.75) is 12.8 Å².